The standard InChI is InChI=1S/C3H8O3S2/c4-3(1-5-7)2-6-8/h3-4,7-8H,1-2H2. The second kappa shape index (κ2) is 5.71. The number of aliphatic hydroxyl groups excluding tert-OH is 1. The lowest BCUT2D eigenvalue weighted by atomic mass is 10.4. The van der Waals surface area contributed by atoms with E-state index >= 15 is 0 Å². The van der Waals surface area contributed by atoms with Crippen molar-refractivity contribution in [3.8, 4) is 0 Å². The first-order valence-corrected chi connectivity index (χ1v) is 2.75. The molecule has 0 aliphatic rings. The molecule has 0 aromatic carbocycles. The van der Waals surface area contributed by atoms with Gasteiger partial charge in [-0.3, -0.25) is 0 Å². The van der Waals surface area contributed by atoms with Crippen molar-refractivity contribution in [2.24, 2.45) is 0 Å². The molecular weight excluding hydrogens is 148 g/mol. The third-order valence-corrected chi connectivity index (χ3v) is 0.832. The lowest BCUT2D eigenvalue weighted by Gasteiger charge is -2.03. The highest BCUT2D eigenvalue weighted by Crippen LogP contribution is 1.89. The minimum Gasteiger partial charge on any atom is -0.388 e. The number of hydrogen-bond acceptors (Lipinski definition) is 5. The Bertz CT molecular complexity index is 45.8. The maximum atomic E-state index is 8.70. The van der Waals surface area contributed by atoms with Crippen LogP contribution in [0, 0.1) is 0 Å². The predicted molar refractivity (Wildman–Crippen MR) is 35.9 cm³/mol. The zero-order valence-electron chi connectivity index (χ0n) is 4.15. The highest BCUT2D eigenvalue weighted by Gasteiger charge is 2.00. The van der Waals surface area contributed by atoms with Crippen LogP contribution in [-0.2, 0) is 8.37 Å². The summed E-state index contributed by atoms with van der Waals surface area (Å²) in [6.45, 7) is 0.313. The van der Waals surface area contributed by atoms with Crippen molar-refractivity contribution in [2.75, 3.05) is 13.2 Å². The molecule has 0 spiro atoms. The second-order valence-electron chi connectivity index (χ2n) is 1.25. The zero-order valence-corrected chi connectivity index (χ0v) is 5.94. The first-order chi connectivity index (χ1) is 3.81. The SMILES string of the molecule is OC(COS)COS. The van der Waals surface area contributed by atoms with Crippen molar-refractivity contribution in [2.45, 2.75) is 6.10 Å². The molecule has 0 aliphatic carbocycles. The molecule has 0 heterocycles. The van der Waals surface area contributed by atoms with Crippen LogP contribution >= 0.6 is 25.8 Å². The van der Waals surface area contributed by atoms with Gasteiger partial charge in [0, 0.05) is 0 Å². The van der Waals surface area contributed by atoms with Crippen molar-refractivity contribution in [1.29, 1.82) is 0 Å². The largest absolute Gasteiger partial charge is 0.388 e. The summed E-state index contributed by atoms with van der Waals surface area (Å²) in [5, 5.41) is 8.70. The van der Waals surface area contributed by atoms with E-state index in [1.54, 1.807) is 0 Å². The van der Waals surface area contributed by atoms with Crippen LogP contribution in [0.2, 0.25) is 0 Å². The Morgan fingerprint density at radius 3 is 1.88 bits per heavy atom. The summed E-state index contributed by atoms with van der Waals surface area (Å²) >= 11 is 6.82. The summed E-state index contributed by atoms with van der Waals surface area (Å²) in [7, 11) is 0. The van der Waals surface area contributed by atoms with Gasteiger partial charge in [-0.05, 0) is 25.8 Å². The Balaban J connectivity index is 2.92. The molecule has 0 aliphatic heterocycles. The van der Waals surface area contributed by atoms with E-state index in [1.165, 1.54) is 0 Å². The molecule has 5 heteroatoms. The summed E-state index contributed by atoms with van der Waals surface area (Å²) in [5.74, 6) is 0. The van der Waals surface area contributed by atoms with Crippen LogP contribution in [0.5, 0.6) is 0 Å². The fourth-order valence-corrected chi connectivity index (χ4v) is 0.564. The molecule has 0 aromatic rings. The van der Waals surface area contributed by atoms with Crippen LogP contribution < -0.4 is 0 Å². The topological polar surface area (TPSA) is 38.7 Å². The van der Waals surface area contributed by atoms with Crippen LogP contribution in [0.15, 0.2) is 0 Å². The van der Waals surface area contributed by atoms with Crippen molar-refractivity contribution in [3.63, 3.8) is 0 Å². The molecule has 8 heavy (non-hydrogen) atoms. The van der Waals surface area contributed by atoms with E-state index in [0.29, 0.717) is 0 Å². The van der Waals surface area contributed by atoms with E-state index in [1.807, 2.05) is 0 Å². The minimum absolute atomic E-state index is 0.156. The third-order valence-electron chi connectivity index (χ3n) is 0.534. The summed E-state index contributed by atoms with van der Waals surface area (Å²) in [5.41, 5.74) is 0. The number of rotatable bonds is 4. The quantitative estimate of drug-likeness (QED) is 0.398. The molecular formula is C3H8O3S2. The average Bonchev–Trinajstić information content (AvgIpc) is 1.68. The van der Waals surface area contributed by atoms with Gasteiger partial charge in [0.2, 0.25) is 0 Å². The molecule has 0 radical (unpaired) electrons. The van der Waals surface area contributed by atoms with Gasteiger partial charge < -0.3 is 13.5 Å². The van der Waals surface area contributed by atoms with Gasteiger partial charge in [-0.25, -0.2) is 0 Å². The first-order valence-electron chi connectivity index (χ1n) is 2.02. The molecule has 0 fully saturated rings. The molecule has 50 valence electrons. The lowest BCUT2D eigenvalue weighted by molar-refractivity contribution is 0.0798. The Hall–Kier alpha value is 0.580. The first kappa shape index (κ1) is 8.58. The highest BCUT2D eigenvalue weighted by molar-refractivity contribution is 7.75. The highest BCUT2D eigenvalue weighted by atomic mass is 32.1. The number of hydrogen-bond donors (Lipinski definition) is 3. The summed E-state index contributed by atoms with van der Waals surface area (Å²) in [6.07, 6.45) is -0.634. The van der Waals surface area contributed by atoms with E-state index in [4.69, 9.17) is 5.11 Å². The van der Waals surface area contributed by atoms with E-state index in [9.17, 15) is 0 Å². The van der Waals surface area contributed by atoms with Crippen molar-refractivity contribution >= 4 is 25.8 Å². The van der Waals surface area contributed by atoms with E-state index in [2.05, 4.69) is 34.2 Å². The average molecular weight is 156 g/mol. The van der Waals surface area contributed by atoms with Crippen molar-refractivity contribution < 1.29 is 13.5 Å². The van der Waals surface area contributed by atoms with Crippen LogP contribution in [0.25, 0.3) is 0 Å². The van der Waals surface area contributed by atoms with Crippen molar-refractivity contribution in [3.05, 3.63) is 0 Å². The molecule has 0 saturated heterocycles. The normalized spacial score (nSPS) is 10.5. The summed E-state index contributed by atoms with van der Waals surface area (Å²) in [6, 6.07) is 0. The maximum Gasteiger partial charge on any atom is 0.103 e. The molecule has 0 bridgehead atoms. The minimum atomic E-state index is -0.634. The van der Waals surface area contributed by atoms with Gasteiger partial charge in [-0.15, -0.1) is 0 Å². The lowest BCUT2D eigenvalue weighted by Crippen LogP contribution is -2.17. The number of thiol groups is 2. The Kier molecular flexibility index (Phi) is 6.13. The molecule has 0 atom stereocenters. The fourth-order valence-electron chi connectivity index (χ4n) is 0.220. The Labute approximate surface area is 59.2 Å². The van der Waals surface area contributed by atoms with Gasteiger partial charge in [0.05, 0.1) is 13.2 Å². The van der Waals surface area contributed by atoms with E-state index in [0.717, 1.165) is 0 Å². The van der Waals surface area contributed by atoms with Crippen LogP contribution in [0.3, 0.4) is 0 Å². The summed E-state index contributed by atoms with van der Waals surface area (Å²) < 4.78 is 8.57. The van der Waals surface area contributed by atoms with Crippen molar-refractivity contribution in [1.82, 2.24) is 0 Å². The van der Waals surface area contributed by atoms with Gasteiger partial charge in [-0.1, -0.05) is 0 Å². The van der Waals surface area contributed by atoms with Gasteiger partial charge in [-0.2, -0.15) is 0 Å². The fraction of sp³-hybridized carbons (Fsp3) is 1.00. The van der Waals surface area contributed by atoms with E-state index in [-0.39, 0.29) is 13.2 Å². The molecule has 1 N–H and O–H groups in total. The van der Waals surface area contributed by atoms with Crippen LogP contribution in [0.4, 0.5) is 0 Å². The number of aliphatic hydroxyl groups is 1. The molecule has 0 saturated carbocycles. The van der Waals surface area contributed by atoms with Gasteiger partial charge >= 0.3 is 0 Å². The van der Waals surface area contributed by atoms with E-state index < -0.39 is 6.10 Å². The second-order valence-corrected chi connectivity index (χ2v) is 1.76. The van der Waals surface area contributed by atoms with Gasteiger partial charge in [0.1, 0.15) is 6.10 Å². The van der Waals surface area contributed by atoms with Crippen LogP contribution in [0.1, 0.15) is 0 Å². The predicted octanol–water partition coefficient (Wildman–Crippen LogP) is 0.0701. The van der Waals surface area contributed by atoms with Crippen LogP contribution in [-0.4, -0.2) is 24.4 Å². The molecule has 0 aromatic heterocycles. The molecule has 0 amide bonds. The van der Waals surface area contributed by atoms with Gasteiger partial charge in [0.25, 0.3) is 0 Å². The monoisotopic (exact) mass is 156 g/mol. The van der Waals surface area contributed by atoms with Gasteiger partial charge in [0.15, 0.2) is 0 Å². The smallest absolute Gasteiger partial charge is 0.103 e. The molecule has 3 nitrogen and oxygen atoms in total. The zero-order chi connectivity index (χ0) is 6.41. The molecule has 0 unspecified atom stereocenters. The Morgan fingerprint density at radius 1 is 1.25 bits per heavy atom. The summed E-state index contributed by atoms with van der Waals surface area (Å²) in [4.78, 5) is 0. The maximum absolute atomic E-state index is 8.70. The molecule has 0 rings (SSSR count). The third kappa shape index (κ3) is 4.73. The Morgan fingerprint density at radius 2 is 1.62 bits per heavy atom.